The summed E-state index contributed by atoms with van der Waals surface area (Å²) in [6.45, 7) is 0.972. The van der Waals surface area contributed by atoms with E-state index < -0.39 is 0 Å². The molecule has 2 atom stereocenters. The topological polar surface area (TPSA) is 82.7 Å². The van der Waals surface area contributed by atoms with Crippen LogP contribution < -0.4 is 5.73 Å². The van der Waals surface area contributed by atoms with Crippen LogP contribution in [-0.4, -0.2) is 40.5 Å². The number of nitrogens with zero attached hydrogens (tertiary/aromatic N) is 2. The van der Waals surface area contributed by atoms with Gasteiger partial charge < -0.3 is 10.6 Å². The van der Waals surface area contributed by atoms with E-state index in [2.05, 4.69) is 0 Å². The molecule has 0 saturated carbocycles. The third-order valence-electron chi connectivity index (χ3n) is 3.89. The molecule has 0 unspecified atom stereocenters. The van der Waals surface area contributed by atoms with E-state index in [0.717, 1.165) is 18.4 Å². The van der Waals surface area contributed by atoms with Gasteiger partial charge in [0.05, 0.1) is 12.1 Å². The number of nitrogens with two attached hydrogens (primary N) is 1. The smallest absolute Gasteiger partial charge is 0.344 e. The lowest BCUT2D eigenvalue weighted by atomic mass is 10.0. The fraction of sp³-hybridized carbons (Fsp3) is 0.429. The highest BCUT2D eigenvalue weighted by atomic mass is 16.7. The predicted octanol–water partition coefficient (Wildman–Crippen LogP) is 1.32. The van der Waals surface area contributed by atoms with Gasteiger partial charge >= 0.3 is 6.03 Å². The van der Waals surface area contributed by atoms with Crippen molar-refractivity contribution in [2.45, 2.75) is 31.5 Å². The van der Waals surface area contributed by atoms with Crippen molar-refractivity contribution in [1.82, 2.24) is 9.96 Å². The van der Waals surface area contributed by atoms with Gasteiger partial charge in [0.2, 0.25) is 0 Å². The molecule has 2 heterocycles. The highest BCUT2D eigenvalue weighted by Crippen LogP contribution is 2.30. The Bertz CT molecular complexity index is 519. The van der Waals surface area contributed by atoms with Crippen molar-refractivity contribution < 1.29 is 9.63 Å². The van der Waals surface area contributed by atoms with Crippen molar-refractivity contribution in [3.8, 4) is 0 Å². The van der Waals surface area contributed by atoms with Crippen LogP contribution in [0.25, 0.3) is 0 Å². The molecular weight excluding hydrogens is 256 g/mol. The Morgan fingerprint density at radius 3 is 2.80 bits per heavy atom. The van der Waals surface area contributed by atoms with E-state index in [1.807, 2.05) is 30.3 Å². The monoisotopic (exact) mass is 274 g/mol. The molecule has 0 aliphatic carbocycles. The largest absolute Gasteiger partial charge is 0.386 e. The van der Waals surface area contributed by atoms with Crippen molar-refractivity contribution in [2.24, 2.45) is 5.73 Å². The number of hydrogen-bond acceptors (Lipinski definition) is 3. The lowest BCUT2D eigenvalue weighted by molar-refractivity contribution is -0.140. The molecule has 20 heavy (non-hydrogen) atoms. The van der Waals surface area contributed by atoms with Gasteiger partial charge in [-0.1, -0.05) is 30.3 Å². The van der Waals surface area contributed by atoms with E-state index in [4.69, 9.17) is 16.0 Å². The van der Waals surface area contributed by atoms with Crippen LogP contribution in [0.3, 0.4) is 0 Å². The van der Waals surface area contributed by atoms with Gasteiger partial charge in [-0.25, -0.2) is 4.79 Å². The van der Waals surface area contributed by atoms with Crippen LogP contribution in [0.2, 0.25) is 0 Å². The van der Waals surface area contributed by atoms with E-state index in [0.29, 0.717) is 13.2 Å². The molecule has 1 aromatic carbocycles. The van der Waals surface area contributed by atoms with Crippen LogP contribution in [0.15, 0.2) is 30.3 Å². The van der Waals surface area contributed by atoms with Crippen LogP contribution in [0.1, 0.15) is 18.4 Å². The molecule has 3 N–H and O–H groups in total. The number of hydroxylamine groups is 2. The molecule has 2 bridgehead atoms. The molecule has 2 aliphatic heterocycles. The Labute approximate surface area is 117 Å². The number of benzene rings is 1. The van der Waals surface area contributed by atoms with Crippen molar-refractivity contribution >= 4 is 11.9 Å². The highest BCUT2D eigenvalue weighted by Gasteiger charge is 2.46. The Hall–Kier alpha value is -2.08. The minimum Gasteiger partial charge on any atom is -0.386 e. The van der Waals surface area contributed by atoms with Crippen LogP contribution in [0.4, 0.5) is 4.79 Å². The Kier molecular flexibility index (Phi) is 3.31. The number of carbonyl (C=O) groups excluding carboxylic acids is 1. The molecule has 6 nitrogen and oxygen atoms in total. The van der Waals surface area contributed by atoms with Gasteiger partial charge in [-0.15, -0.1) is 0 Å². The van der Waals surface area contributed by atoms with Gasteiger partial charge in [-0.2, -0.15) is 5.06 Å². The third kappa shape index (κ3) is 2.22. The number of carbonyl (C=O) groups is 1. The Morgan fingerprint density at radius 1 is 1.35 bits per heavy atom. The summed E-state index contributed by atoms with van der Waals surface area (Å²) in [6, 6.07) is 9.38. The first-order valence-electron chi connectivity index (χ1n) is 6.77. The number of urea groups is 1. The fourth-order valence-corrected chi connectivity index (χ4v) is 2.84. The summed E-state index contributed by atoms with van der Waals surface area (Å²) in [5.41, 5.74) is 6.58. The van der Waals surface area contributed by atoms with Crippen molar-refractivity contribution in [3.05, 3.63) is 35.9 Å². The lowest BCUT2D eigenvalue weighted by Crippen LogP contribution is -2.47. The summed E-state index contributed by atoms with van der Waals surface area (Å²) in [4.78, 5) is 19.6. The van der Waals surface area contributed by atoms with E-state index in [-0.39, 0.29) is 24.0 Å². The van der Waals surface area contributed by atoms with Crippen LogP contribution in [0, 0.1) is 5.41 Å². The number of rotatable bonds is 4. The molecule has 2 fully saturated rings. The van der Waals surface area contributed by atoms with Gasteiger partial charge in [0.25, 0.3) is 0 Å². The summed E-state index contributed by atoms with van der Waals surface area (Å²) in [6.07, 6.45) is 1.55. The van der Waals surface area contributed by atoms with Crippen LogP contribution >= 0.6 is 0 Å². The normalized spacial score (nSPS) is 25.1. The second-order valence-electron chi connectivity index (χ2n) is 5.22. The standard InChI is InChI=1S/C14H18N4O2/c15-13(16)12-7-6-11-8-17(12)14(19)18(11)20-9-10-4-2-1-3-5-10/h1-5,11-12H,6-9H2,(H3,15,16)/t11-,12+/m1/s1. The molecule has 2 amide bonds. The average molecular weight is 274 g/mol. The molecule has 2 aliphatic rings. The fourth-order valence-electron chi connectivity index (χ4n) is 2.84. The maximum Gasteiger partial charge on any atom is 0.344 e. The molecule has 3 rings (SSSR count). The van der Waals surface area contributed by atoms with E-state index in [1.54, 1.807) is 4.90 Å². The molecule has 6 heteroatoms. The number of hydrogen-bond donors (Lipinski definition) is 2. The Morgan fingerprint density at radius 2 is 2.10 bits per heavy atom. The zero-order valence-corrected chi connectivity index (χ0v) is 11.2. The highest BCUT2D eigenvalue weighted by molar-refractivity contribution is 5.89. The zero-order chi connectivity index (χ0) is 14.1. The second-order valence-corrected chi connectivity index (χ2v) is 5.22. The van der Waals surface area contributed by atoms with Gasteiger partial charge in [0, 0.05) is 6.54 Å². The molecule has 0 aromatic heterocycles. The van der Waals surface area contributed by atoms with Crippen molar-refractivity contribution in [2.75, 3.05) is 6.54 Å². The number of amides is 2. The molecule has 2 saturated heterocycles. The Balaban J connectivity index is 1.67. The summed E-state index contributed by atoms with van der Waals surface area (Å²) in [5, 5.41) is 9.01. The second kappa shape index (κ2) is 5.13. The maximum atomic E-state index is 12.3. The molecular formula is C14H18N4O2. The average Bonchev–Trinajstić information content (AvgIpc) is 2.70. The maximum absolute atomic E-state index is 12.3. The van der Waals surface area contributed by atoms with E-state index in [9.17, 15) is 4.79 Å². The lowest BCUT2D eigenvalue weighted by Gasteiger charge is -2.29. The number of nitrogens with one attached hydrogen (secondary N) is 1. The van der Waals surface area contributed by atoms with Crippen LogP contribution in [0.5, 0.6) is 0 Å². The molecule has 1 aromatic rings. The van der Waals surface area contributed by atoms with Gasteiger partial charge in [-0.3, -0.25) is 10.2 Å². The molecule has 0 radical (unpaired) electrons. The third-order valence-corrected chi connectivity index (χ3v) is 3.89. The summed E-state index contributed by atoms with van der Waals surface area (Å²) < 4.78 is 0. The predicted molar refractivity (Wildman–Crippen MR) is 73.9 cm³/mol. The molecule has 0 spiro atoms. The van der Waals surface area contributed by atoms with Gasteiger partial charge in [0.1, 0.15) is 12.4 Å². The summed E-state index contributed by atoms with van der Waals surface area (Å²) in [5.74, 6) is 0.0571. The van der Waals surface area contributed by atoms with Crippen molar-refractivity contribution in [3.63, 3.8) is 0 Å². The minimum absolute atomic E-state index is 0.0571. The first kappa shape index (κ1) is 12.9. The first-order chi connectivity index (χ1) is 9.66. The van der Waals surface area contributed by atoms with Crippen LogP contribution in [-0.2, 0) is 11.4 Å². The van der Waals surface area contributed by atoms with Crippen molar-refractivity contribution in [1.29, 1.82) is 5.41 Å². The number of fused-ring (bicyclic) bond motifs is 2. The summed E-state index contributed by atoms with van der Waals surface area (Å²) >= 11 is 0. The zero-order valence-electron chi connectivity index (χ0n) is 11.2. The first-order valence-corrected chi connectivity index (χ1v) is 6.77. The van der Waals surface area contributed by atoms with E-state index >= 15 is 0 Å². The summed E-state index contributed by atoms with van der Waals surface area (Å²) in [7, 11) is 0. The van der Waals surface area contributed by atoms with Gasteiger partial charge in [0.15, 0.2) is 0 Å². The minimum atomic E-state index is -0.274. The van der Waals surface area contributed by atoms with Gasteiger partial charge in [-0.05, 0) is 18.4 Å². The SMILES string of the molecule is N=C(N)[C@@H]1CC[C@@H]2CN1C(=O)N2OCc1ccccc1. The number of amidine groups is 1. The molecule has 106 valence electrons. The quantitative estimate of drug-likeness (QED) is 0.641. The van der Waals surface area contributed by atoms with E-state index in [1.165, 1.54) is 5.06 Å². The number of piperidine rings is 1.